The van der Waals surface area contributed by atoms with Crippen LogP contribution >= 0.6 is 11.8 Å². The lowest BCUT2D eigenvalue weighted by Gasteiger charge is -2.42. The van der Waals surface area contributed by atoms with Crippen LogP contribution in [0.4, 0.5) is 0 Å². The van der Waals surface area contributed by atoms with Crippen LogP contribution in [0.3, 0.4) is 0 Å². The zero-order valence-corrected chi connectivity index (χ0v) is 10.2. The lowest BCUT2D eigenvalue weighted by molar-refractivity contribution is 0.00606. The van der Waals surface area contributed by atoms with Gasteiger partial charge in [0.2, 0.25) is 0 Å². The molecule has 0 aromatic heterocycles. The Hall–Kier alpha value is -1.06. The van der Waals surface area contributed by atoms with Crippen LogP contribution in [-0.2, 0) is 0 Å². The average molecular weight is 252 g/mol. The monoisotopic (exact) mass is 251 g/mol. The third-order valence-corrected chi connectivity index (χ3v) is 3.95. The van der Waals surface area contributed by atoms with E-state index in [4.69, 9.17) is 16.5 Å². The van der Waals surface area contributed by atoms with Crippen molar-refractivity contribution in [1.82, 2.24) is 4.42 Å². The van der Waals surface area contributed by atoms with E-state index in [0.717, 1.165) is 31.7 Å². The van der Waals surface area contributed by atoms with Gasteiger partial charge in [-0.3, -0.25) is 4.79 Å². The highest BCUT2D eigenvalue weighted by atomic mass is 35.5. The number of ether oxygens (including phenoxy) is 1. The molecule has 1 fully saturated rings. The van der Waals surface area contributed by atoms with Crippen LogP contribution < -0.4 is 4.74 Å². The Labute approximate surface area is 105 Å². The molecule has 3 nitrogen and oxygen atoms in total. The van der Waals surface area contributed by atoms with Crippen molar-refractivity contribution in [3.8, 4) is 5.75 Å². The molecule has 0 N–H and O–H groups in total. The molecule has 0 unspecified atom stereocenters. The van der Waals surface area contributed by atoms with Crippen molar-refractivity contribution in [3.63, 3.8) is 0 Å². The summed E-state index contributed by atoms with van der Waals surface area (Å²) in [6.45, 7) is 1.55. The van der Waals surface area contributed by atoms with Gasteiger partial charge in [-0.25, -0.2) is 4.42 Å². The van der Waals surface area contributed by atoms with Crippen LogP contribution in [0.5, 0.6) is 5.75 Å². The molecule has 2 aliphatic heterocycles. The van der Waals surface area contributed by atoms with Crippen LogP contribution in [0, 0.1) is 0 Å². The number of rotatable bonds is 0. The molecule has 2 heterocycles. The van der Waals surface area contributed by atoms with Crippen molar-refractivity contribution in [2.24, 2.45) is 0 Å². The van der Waals surface area contributed by atoms with Gasteiger partial charge in [0.1, 0.15) is 11.4 Å². The van der Waals surface area contributed by atoms with Crippen molar-refractivity contribution in [2.45, 2.75) is 24.9 Å². The van der Waals surface area contributed by atoms with Gasteiger partial charge >= 0.3 is 0 Å². The number of carbonyl (C=O) groups excluding carboxylic acids is 1. The second kappa shape index (κ2) is 4.00. The highest BCUT2D eigenvalue weighted by Gasteiger charge is 2.42. The molecule has 0 amide bonds. The Balaban J connectivity index is 1.91. The van der Waals surface area contributed by atoms with Gasteiger partial charge in [0.05, 0.1) is 12.0 Å². The van der Waals surface area contributed by atoms with Gasteiger partial charge in [-0.1, -0.05) is 12.1 Å². The van der Waals surface area contributed by atoms with E-state index in [1.807, 2.05) is 24.3 Å². The largest absolute Gasteiger partial charge is 0.486 e. The predicted molar refractivity (Wildman–Crippen MR) is 65.4 cm³/mol. The standard InChI is InChI=1S/C13H14ClNO2/c14-15-7-5-13(6-8-15)9-11(16)10-3-1-2-4-12(10)17-13/h1-4H,5-9H2. The van der Waals surface area contributed by atoms with Crippen molar-refractivity contribution in [2.75, 3.05) is 13.1 Å². The molecule has 4 heteroatoms. The molecule has 1 spiro atoms. The SMILES string of the molecule is O=C1CC2(CCN(Cl)CC2)Oc2ccccc21. The first-order valence-electron chi connectivity index (χ1n) is 5.91. The van der Waals surface area contributed by atoms with E-state index in [0.29, 0.717) is 12.0 Å². The van der Waals surface area contributed by atoms with Crippen molar-refractivity contribution in [3.05, 3.63) is 29.8 Å². The van der Waals surface area contributed by atoms with E-state index >= 15 is 0 Å². The summed E-state index contributed by atoms with van der Waals surface area (Å²) >= 11 is 5.95. The van der Waals surface area contributed by atoms with E-state index in [1.54, 1.807) is 4.42 Å². The van der Waals surface area contributed by atoms with Gasteiger partial charge in [0.15, 0.2) is 5.78 Å². The fourth-order valence-corrected chi connectivity index (χ4v) is 2.78. The number of hydrogen-bond acceptors (Lipinski definition) is 3. The summed E-state index contributed by atoms with van der Waals surface area (Å²) < 4.78 is 7.84. The van der Waals surface area contributed by atoms with Gasteiger partial charge in [0, 0.05) is 25.9 Å². The summed E-state index contributed by atoms with van der Waals surface area (Å²) in [4.78, 5) is 12.1. The smallest absolute Gasteiger partial charge is 0.170 e. The van der Waals surface area contributed by atoms with E-state index in [2.05, 4.69) is 0 Å². The van der Waals surface area contributed by atoms with E-state index in [1.165, 1.54) is 0 Å². The summed E-state index contributed by atoms with van der Waals surface area (Å²) in [5, 5.41) is 0. The van der Waals surface area contributed by atoms with E-state index in [-0.39, 0.29) is 11.4 Å². The minimum absolute atomic E-state index is 0.190. The first-order valence-corrected chi connectivity index (χ1v) is 6.24. The maximum Gasteiger partial charge on any atom is 0.170 e. The molecule has 0 aliphatic carbocycles. The average Bonchev–Trinajstić information content (AvgIpc) is 2.34. The normalized spacial score (nSPS) is 23.2. The fraction of sp³-hybridized carbons (Fsp3) is 0.462. The Morgan fingerprint density at radius 3 is 2.71 bits per heavy atom. The summed E-state index contributed by atoms with van der Waals surface area (Å²) in [5.74, 6) is 0.918. The summed E-state index contributed by atoms with van der Waals surface area (Å²) in [6.07, 6.45) is 2.11. The second-order valence-corrected chi connectivity index (χ2v) is 5.27. The molecule has 0 bridgehead atoms. The Morgan fingerprint density at radius 1 is 1.24 bits per heavy atom. The number of nitrogens with zero attached hydrogens (tertiary/aromatic N) is 1. The number of ketones is 1. The summed E-state index contributed by atoms with van der Waals surface area (Å²) in [5.41, 5.74) is 0.392. The number of hydrogen-bond donors (Lipinski definition) is 0. The van der Waals surface area contributed by atoms with Crippen LogP contribution in [-0.4, -0.2) is 28.9 Å². The minimum atomic E-state index is -0.323. The maximum atomic E-state index is 12.1. The molecule has 1 aromatic rings. The molecule has 0 saturated carbocycles. The van der Waals surface area contributed by atoms with E-state index < -0.39 is 0 Å². The minimum Gasteiger partial charge on any atom is -0.486 e. The molecule has 0 radical (unpaired) electrons. The van der Waals surface area contributed by atoms with E-state index in [9.17, 15) is 4.79 Å². The first-order chi connectivity index (χ1) is 8.19. The molecular formula is C13H14ClNO2. The lowest BCUT2D eigenvalue weighted by atomic mass is 9.83. The van der Waals surface area contributed by atoms with Crippen molar-refractivity contribution >= 4 is 17.6 Å². The molecule has 3 rings (SSSR count). The van der Waals surface area contributed by atoms with Gasteiger partial charge in [-0.2, -0.15) is 0 Å². The Morgan fingerprint density at radius 2 is 1.94 bits per heavy atom. The van der Waals surface area contributed by atoms with Crippen LogP contribution in [0.2, 0.25) is 0 Å². The van der Waals surface area contributed by atoms with Gasteiger partial charge < -0.3 is 4.74 Å². The van der Waals surface area contributed by atoms with Crippen molar-refractivity contribution < 1.29 is 9.53 Å². The number of benzene rings is 1. The Kier molecular flexibility index (Phi) is 2.60. The number of para-hydroxylation sites is 1. The van der Waals surface area contributed by atoms with Crippen LogP contribution in [0.25, 0.3) is 0 Å². The van der Waals surface area contributed by atoms with Crippen LogP contribution in [0.1, 0.15) is 29.6 Å². The molecule has 1 saturated heterocycles. The number of Topliss-reactive ketones (excluding diaryl/α,β-unsaturated/α-hetero) is 1. The topological polar surface area (TPSA) is 29.5 Å². The highest BCUT2D eigenvalue weighted by molar-refractivity contribution is 6.13. The highest BCUT2D eigenvalue weighted by Crippen LogP contribution is 2.39. The zero-order chi connectivity index (χ0) is 11.9. The van der Waals surface area contributed by atoms with Gasteiger partial charge in [0.25, 0.3) is 0 Å². The predicted octanol–water partition coefficient (Wildman–Crippen LogP) is 2.64. The number of halogens is 1. The quantitative estimate of drug-likeness (QED) is 0.664. The molecular weight excluding hydrogens is 238 g/mol. The molecule has 1 aromatic carbocycles. The summed E-state index contributed by atoms with van der Waals surface area (Å²) in [6, 6.07) is 7.49. The molecule has 17 heavy (non-hydrogen) atoms. The van der Waals surface area contributed by atoms with Gasteiger partial charge in [-0.15, -0.1) is 0 Å². The number of fused-ring (bicyclic) bond motifs is 1. The van der Waals surface area contributed by atoms with Crippen LogP contribution in [0.15, 0.2) is 24.3 Å². The zero-order valence-electron chi connectivity index (χ0n) is 9.49. The third-order valence-electron chi connectivity index (χ3n) is 3.62. The second-order valence-electron chi connectivity index (χ2n) is 4.79. The molecule has 2 aliphatic rings. The Bertz CT molecular complexity index is 452. The molecule has 90 valence electrons. The maximum absolute atomic E-state index is 12.1. The third kappa shape index (κ3) is 1.94. The fourth-order valence-electron chi connectivity index (χ4n) is 2.61. The lowest BCUT2D eigenvalue weighted by Crippen LogP contribution is -2.49. The van der Waals surface area contributed by atoms with Crippen molar-refractivity contribution in [1.29, 1.82) is 0 Å². The first kappa shape index (κ1) is 11.1. The number of piperidine rings is 1. The van der Waals surface area contributed by atoms with Gasteiger partial charge in [-0.05, 0) is 23.9 Å². The number of carbonyl (C=O) groups is 1. The molecule has 0 atom stereocenters. The summed E-state index contributed by atoms with van der Waals surface area (Å²) in [7, 11) is 0.